The van der Waals surface area contributed by atoms with E-state index in [1.165, 1.54) is 0 Å². The summed E-state index contributed by atoms with van der Waals surface area (Å²) in [6, 6.07) is 7.52. The average molecular weight is 248 g/mol. The first-order valence-electron chi connectivity index (χ1n) is 5.57. The van der Waals surface area contributed by atoms with Crippen LogP contribution in [0.15, 0.2) is 36.7 Å². The molecule has 1 heterocycles. The van der Waals surface area contributed by atoms with E-state index in [1.807, 2.05) is 36.7 Å². The van der Waals surface area contributed by atoms with Crippen LogP contribution in [-0.4, -0.2) is 16.5 Å². The molecule has 0 aliphatic carbocycles. The molecule has 3 nitrogen and oxygen atoms in total. The van der Waals surface area contributed by atoms with E-state index in [1.54, 1.807) is 0 Å². The van der Waals surface area contributed by atoms with Gasteiger partial charge in [0.05, 0.1) is 0 Å². The lowest BCUT2D eigenvalue weighted by molar-refractivity contribution is 0.721. The van der Waals surface area contributed by atoms with Crippen LogP contribution in [0.25, 0.3) is 11.4 Å². The Balaban J connectivity index is 2.14. The van der Waals surface area contributed by atoms with Crippen LogP contribution in [0.4, 0.5) is 0 Å². The van der Waals surface area contributed by atoms with Crippen LogP contribution in [0.2, 0.25) is 5.02 Å². The third kappa shape index (κ3) is 3.25. The predicted octanol–water partition coefficient (Wildman–Crippen LogP) is 2.91. The zero-order chi connectivity index (χ0) is 12.1. The Morgan fingerprint density at radius 1 is 1.12 bits per heavy atom. The molecule has 4 heteroatoms. The number of hydrogen-bond acceptors (Lipinski definition) is 3. The standard InChI is InChI=1S/C13H14ClN3/c1-2-15-7-10-8-16-13(17-9-10)11-3-5-12(14)6-4-11/h3-6,8-9,15H,2,7H2,1H3. The highest BCUT2D eigenvalue weighted by Gasteiger charge is 2.01. The van der Waals surface area contributed by atoms with Crippen LogP contribution in [0.5, 0.6) is 0 Å². The topological polar surface area (TPSA) is 37.8 Å². The maximum absolute atomic E-state index is 5.83. The summed E-state index contributed by atoms with van der Waals surface area (Å²) in [4.78, 5) is 8.67. The molecule has 0 spiro atoms. The Bertz CT molecular complexity index is 465. The number of rotatable bonds is 4. The van der Waals surface area contributed by atoms with E-state index >= 15 is 0 Å². The van der Waals surface area contributed by atoms with Gasteiger partial charge in [0.25, 0.3) is 0 Å². The second kappa shape index (κ2) is 5.75. The monoisotopic (exact) mass is 247 g/mol. The SMILES string of the molecule is CCNCc1cnc(-c2ccc(Cl)cc2)nc1. The Hall–Kier alpha value is -1.45. The summed E-state index contributed by atoms with van der Waals surface area (Å²) in [6.07, 6.45) is 3.69. The summed E-state index contributed by atoms with van der Waals surface area (Å²) < 4.78 is 0. The average Bonchev–Trinajstić information content (AvgIpc) is 2.38. The summed E-state index contributed by atoms with van der Waals surface area (Å²) in [5.74, 6) is 0.724. The molecule has 0 radical (unpaired) electrons. The minimum atomic E-state index is 0.720. The molecule has 0 saturated heterocycles. The van der Waals surface area contributed by atoms with Gasteiger partial charge in [0.2, 0.25) is 0 Å². The number of halogens is 1. The largest absolute Gasteiger partial charge is 0.313 e. The second-order valence-corrected chi connectivity index (χ2v) is 4.14. The van der Waals surface area contributed by atoms with Crippen LogP contribution in [0.1, 0.15) is 12.5 Å². The van der Waals surface area contributed by atoms with Crippen molar-refractivity contribution in [2.75, 3.05) is 6.54 Å². The molecule has 0 amide bonds. The molecule has 2 rings (SSSR count). The molecule has 17 heavy (non-hydrogen) atoms. The minimum absolute atomic E-state index is 0.720. The highest BCUT2D eigenvalue weighted by molar-refractivity contribution is 6.30. The first-order valence-corrected chi connectivity index (χ1v) is 5.95. The van der Waals surface area contributed by atoms with E-state index in [2.05, 4.69) is 22.2 Å². The molecule has 2 aromatic rings. The molecule has 0 aliphatic rings. The Kier molecular flexibility index (Phi) is 4.07. The molecule has 0 fully saturated rings. The Morgan fingerprint density at radius 3 is 2.35 bits per heavy atom. The lowest BCUT2D eigenvalue weighted by Crippen LogP contribution is -2.12. The van der Waals surface area contributed by atoms with Crippen LogP contribution < -0.4 is 5.32 Å². The Labute approximate surface area is 106 Å². The molecule has 0 atom stereocenters. The third-order valence-electron chi connectivity index (χ3n) is 2.39. The first kappa shape index (κ1) is 12.0. The molecule has 0 aliphatic heterocycles. The maximum Gasteiger partial charge on any atom is 0.159 e. The van der Waals surface area contributed by atoms with Crippen LogP contribution in [0.3, 0.4) is 0 Å². The fourth-order valence-electron chi connectivity index (χ4n) is 1.46. The van der Waals surface area contributed by atoms with Gasteiger partial charge in [0, 0.05) is 35.1 Å². The Morgan fingerprint density at radius 2 is 1.76 bits per heavy atom. The molecule has 0 bridgehead atoms. The summed E-state index contributed by atoms with van der Waals surface area (Å²) in [7, 11) is 0. The number of nitrogens with one attached hydrogen (secondary N) is 1. The molecule has 0 saturated carbocycles. The predicted molar refractivity (Wildman–Crippen MR) is 69.9 cm³/mol. The zero-order valence-corrected chi connectivity index (χ0v) is 10.4. The van der Waals surface area contributed by atoms with E-state index < -0.39 is 0 Å². The summed E-state index contributed by atoms with van der Waals surface area (Å²) in [5.41, 5.74) is 2.06. The van der Waals surface area contributed by atoms with E-state index in [0.717, 1.165) is 35.1 Å². The van der Waals surface area contributed by atoms with Crippen molar-refractivity contribution in [1.29, 1.82) is 0 Å². The lowest BCUT2D eigenvalue weighted by Gasteiger charge is -2.03. The van der Waals surface area contributed by atoms with Crippen LogP contribution in [0, 0.1) is 0 Å². The third-order valence-corrected chi connectivity index (χ3v) is 2.64. The van der Waals surface area contributed by atoms with Crippen molar-refractivity contribution in [1.82, 2.24) is 15.3 Å². The van der Waals surface area contributed by atoms with Gasteiger partial charge in [-0.1, -0.05) is 18.5 Å². The van der Waals surface area contributed by atoms with Crippen molar-refractivity contribution in [2.24, 2.45) is 0 Å². The number of aromatic nitrogens is 2. The second-order valence-electron chi connectivity index (χ2n) is 3.70. The van der Waals surface area contributed by atoms with Gasteiger partial charge in [-0.25, -0.2) is 9.97 Å². The summed E-state index contributed by atoms with van der Waals surface area (Å²) >= 11 is 5.83. The van der Waals surface area contributed by atoms with Gasteiger partial charge in [-0.15, -0.1) is 0 Å². The van der Waals surface area contributed by atoms with Crippen molar-refractivity contribution in [3.8, 4) is 11.4 Å². The van der Waals surface area contributed by atoms with Crippen LogP contribution in [-0.2, 0) is 6.54 Å². The number of nitrogens with zero attached hydrogens (tertiary/aromatic N) is 2. The quantitative estimate of drug-likeness (QED) is 0.903. The normalized spacial score (nSPS) is 10.5. The van der Waals surface area contributed by atoms with Gasteiger partial charge in [0.1, 0.15) is 0 Å². The van der Waals surface area contributed by atoms with Crippen LogP contribution >= 0.6 is 11.6 Å². The van der Waals surface area contributed by atoms with Gasteiger partial charge < -0.3 is 5.32 Å². The highest BCUT2D eigenvalue weighted by Crippen LogP contribution is 2.17. The van der Waals surface area contributed by atoms with Gasteiger partial charge in [0.15, 0.2) is 5.82 Å². The smallest absolute Gasteiger partial charge is 0.159 e. The number of hydrogen-bond donors (Lipinski definition) is 1. The zero-order valence-electron chi connectivity index (χ0n) is 9.65. The molecule has 1 aromatic heterocycles. The fourth-order valence-corrected chi connectivity index (χ4v) is 1.59. The number of benzene rings is 1. The van der Waals surface area contributed by atoms with E-state index in [4.69, 9.17) is 11.6 Å². The molecule has 88 valence electrons. The van der Waals surface area contributed by atoms with E-state index in [9.17, 15) is 0 Å². The van der Waals surface area contributed by atoms with Gasteiger partial charge >= 0.3 is 0 Å². The van der Waals surface area contributed by atoms with Crippen molar-refractivity contribution in [3.63, 3.8) is 0 Å². The first-order chi connectivity index (χ1) is 8.29. The fraction of sp³-hybridized carbons (Fsp3) is 0.231. The van der Waals surface area contributed by atoms with E-state index in [0.29, 0.717) is 0 Å². The molecule has 1 N–H and O–H groups in total. The van der Waals surface area contributed by atoms with Gasteiger partial charge in [-0.2, -0.15) is 0 Å². The van der Waals surface area contributed by atoms with Gasteiger partial charge in [-0.05, 0) is 30.8 Å². The maximum atomic E-state index is 5.83. The van der Waals surface area contributed by atoms with Crippen molar-refractivity contribution in [2.45, 2.75) is 13.5 Å². The lowest BCUT2D eigenvalue weighted by atomic mass is 10.2. The summed E-state index contributed by atoms with van der Waals surface area (Å²) in [5, 5.41) is 3.95. The van der Waals surface area contributed by atoms with Crippen molar-refractivity contribution in [3.05, 3.63) is 47.2 Å². The van der Waals surface area contributed by atoms with Crippen molar-refractivity contribution < 1.29 is 0 Å². The van der Waals surface area contributed by atoms with Gasteiger partial charge in [-0.3, -0.25) is 0 Å². The molecular weight excluding hydrogens is 234 g/mol. The minimum Gasteiger partial charge on any atom is -0.313 e. The molecule has 1 aromatic carbocycles. The van der Waals surface area contributed by atoms with Crippen molar-refractivity contribution >= 4 is 11.6 Å². The molecular formula is C13H14ClN3. The highest BCUT2D eigenvalue weighted by atomic mass is 35.5. The van der Waals surface area contributed by atoms with E-state index in [-0.39, 0.29) is 0 Å². The summed E-state index contributed by atoms with van der Waals surface area (Å²) in [6.45, 7) is 3.82. The molecule has 0 unspecified atom stereocenters.